The fourth-order valence-corrected chi connectivity index (χ4v) is 1.82. The Bertz CT molecular complexity index is 326. The van der Waals surface area contributed by atoms with Crippen molar-refractivity contribution in [3.05, 3.63) is 18.5 Å². The molecule has 0 aromatic carbocycles. The van der Waals surface area contributed by atoms with E-state index in [-0.39, 0.29) is 6.03 Å². The molecule has 2 aliphatic rings. The lowest BCUT2D eigenvalue weighted by Crippen LogP contribution is -2.38. The minimum atomic E-state index is 0.0556. The van der Waals surface area contributed by atoms with Crippen LogP contribution >= 0.6 is 0 Å². The zero-order chi connectivity index (χ0) is 9.54. The lowest BCUT2D eigenvalue weighted by Gasteiger charge is -2.21. The van der Waals surface area contributed by atoms with Crippen molar-refractivity contribution in [1.82, 2.24) is 14.7 Å². The van der Waals surface area contributed by atoms with Gasteiger partial charge in [0.15, 0.2) is 0 Å². The largest absolute Gasteiger partial charge is 0.345 e. The van der Waals surface area contributed by atoms with Crippen LogP contribution in [0.2, 0.25) is 0 Å². The molecule has 0 spiro atoms. The molecule has 0 radical (unpaired) electrons. The zero-order valence-corrected chi connectivity index (χ0v) is 7.97. The lowest BCUT2D eigenvalue weighted by molar-refractivity contribution is 0.190. The van der Waals surface area contributed by atoms with E-state index in [1.54, 1.807) is 18.5 Å². The third-order valence-electron chi connectivity index (χ3n) is 2.80. The van der Waals surface area contributed by atoms with Gasteiger partial charge in [-0.2, -0.15) is 9.78 Å². The number of amides is 1. The highest BCUT2D eigenvalue weighted by molar-refractivity contribution is 5.77. The third-order valence-corrected chi connectivity index (χ3v) is 2.80. The summed E-state index contributed by atoms with van der Waals surface area (Å²) in [5, 5.41) is 3.98. The summed E-state index contributed by atoms with van der Waals surface area (Å²) in [5.41, 5.74) is 0. The highest BCUT2D eigenvalue weighted by Crippen LogP contribution is 2.37. The molecule has 2 fully saturated rings. The smallest absolute Gasteiger partial charge is 0.317 e. The number of hydrogen-bond acceptors (Lipinski definition) is 2. The normalized spacial score (nSPS) is 20.9. The molecule has 1 aromatic rings. The Morgan fingerprint density at radius 3 is 2.36 bits per heavy atom. The van der Waals surface area contributed by atoms with Gasteiger partial charge < -0.3 is 4.90 Å². The summed E-state index contributed by atoms with van der Waals surface area (Å²) >= 11 is 0. The van der Waals surface area contributed by atoms with E-state index in [1.165, 1.54) is 30.4 Å². The summed E-state index contributed by atoms with van der Waals surface area (Å²) in [4.78, 5) is 14.0. The van der Waals surface area contributed by atoms with Crippen molar-refractivity contribution in [1.29, 1.82) is 0 Å². The van der Waals surface area contributed by atoms with Crippen molar-refractivity contribution in [2.24, 2.45) is 0 Å². The molecule has 0 aliphatic heterocycles. The first-order chi connectivity index (χ1) is 6.86. The molecule has 2 aliphatic carbocycles. The molecule has 0 atom stereocenters. The van der Waals surface area contributed by atoms with Gasteiger partial charge in [-0.1, -0.05) is 0 Å². The molecule has 2 saturated carbocycles. The molecule has 1 aromatic heterocycles. The molecule has 4 heteroatoms. The predicted molar refractivity (Wildman–Crippen MR) is 50.9 cm³/mol. The molecule has 74 valence electrons. The second-order valence-corrected chi connectivity index (χ2v) is 4.10. The van der Waals surface area contributed by atoms with Gasteiger partial charge in [-0.05, 0) is 31.7 Å². The molecule has 1 heterocycles. The molecule has 4 nitrogen and oxygen atoms in total. The summed E-state index contributed by atoms with van der Waals surface area (Å²) in [6, 6.07) is 2.84. The van der Waals surface area contributed by atoms with Crippen LogP contribution in [0.4, 0.5) is 4.79 Å². The van der Waals surface area contributed by atoms with Crippen molar-refractivity contribution in [3.63, 3.8) is 0 Å². The molecular formula is C10H13N3O. The van der Waals surface area contributed by atoms with Crippen LogP contribution in [0.15, 0.2) is 18.5 Å². The quantitative estimate of drug-likeness (QED) is 0.710. The Balaban J connectivity index is 1.81. The van der Waals surface area contributed by atoms with E-state index in [0.29, 0.717) is 12.1 Å². The Morgan fingerprint density at radius 2 is 1.93 bits per heavy atom. The summed E-state index contributed by atoms with van der Waals surface area (Å²) in [6.07, 6.45) is 8.05. The first kappa shape index (κ1) is 8.03. The monoisotopic (exact) mass is 191 g/mol. The molecule has 1 amide bonds. The maximum absolute atomic E-state index is 12.0. The van der Waals surface area contributed by atoms with E-state index < -0.39 is 0 Å². The topological polar surface area (TPSA) is 38.1 Å². The number of hydrogen-bond donors (Lipinski definition) is 0. The van der Waals surface area contributed by atoms with E-state index in [9.17, 15) is 4.79 Å². The van der Waals surface area contributed by atoms with Gasteiger partial charge in [-0.25, -0.2) is 4.79 Å². The van der Waals surface area contributed by atoms with Crippen molar-refractivity contribution in [2.45, 2.75) is 37.8 Å². The number of carbonyl (C=O) groups excluding carboxylic acids is 1. The van der Waals surface area contributed by atoms with E-state index in [0.717, 1.165) is 0 Å². The highest BCUT2D eigenvalue weighted by Gasteiger charge is 2.42. The van der Waals surface area contributed by atoms with Gasteiger partial charge in [-0.15, -0.1) is 0 Å². The molecule has 0 N–H and O–H groups in total. The van der Waals surface area contributed by atoms with Crippen LogP contribution in [-0.4, -0.2) is 32.8 Å². The Labute approximate surface area is 82.5 Å². The summed E-state index contributed by atoms with van der Waals surface area (Å²) < 4.78 is 1.44. The van der Waals surface area contributed by atoms with Gasteiger partial charge in [0.05, 0.1) is 0 Å². The predicted octanol–water partition coefficient (Wildman–Crippen LogP) is 1.48. The minimum absolute atomic E-state index is 0.0556. The molecule has 0 bridgehead atoms. The fraction of sp³-hybridized carbons (Fsp3) is 0.600. The van der Waals surface area contributed by atoms with Crippen LogP contribution in [0.3, 0.4) is 0 Å². The Morgan fingerprint density at radius 1 is 1.29 bits per heavy atom. The van der Waals surface area contributed by atoms with Gasteiger partial charge in [0, 0.05) is 24.5 Å². The summed E-state index contributed by atoms with van der Waals surface area (Å²) in [5.74, 6) is 0. The van der Waals surface area contributed by atoms with Gasteiger partial charge in [0.2, 0.25) is 0 Å². The lowest BCUT2D eigenvalue weighted by atomic mass is 10.5. The number of rotatable bonds is 2. The third kappa shape index (κ3) is 1.31. The Hall–Kier alpha value is -1.32. The van der Waals surface area contributed by atoms with Crippen LogP contribution in [0.25, 0.3) is 0 Å². The molecule has 0 saturated heterocycles. The van der Waals surface area contributed by atoms with E-state index in [4.69, 9.17) is 0 Å². The molecule has 3 rings (SSSR count). The molecule has 14 heavy (non-hydrogen) atoms. The average Bonchev–Trinajstić information content (AvgIpc) is 3.11. The maximum Gasteiger partial charge on any atom is 0.345 e. The molecular weight excluding hydrogens is 178 g/mol. The van der Waals surface area contributed by atoms with Crippen LogP contribution in [0.5, 0.6) is 0 Å². The highest BCUT2D eigenvalue weighted by atomic mass is 16.2. The second kappa shape index (κ2) is 2.83. The van der Waals surface area contributed by atoms with Crippen molar-refractivity contribution in [2.75, 3.05) is 0 Å². The first-order valence-electron chi connectivity index (χ1n) is 5.18. The van der Waals surface area contributed by atoms with Crippen molar-refractivity contribution in [3.8, 4) is 0 Å². The fourth-order valence-electron chi connectivity index (χ4n) is 1.82. The molecule has 0 unspecified atom stereocenters. The van der Waals surface area contributed by atoms with Gasteiger partial charge >= 0.3 is 6.03 Å². The Kier molecular flexibility index (Phi) is 1.63. The van der Waals surface area contributed by atoms with Gasteiger partial charge in [0.1, 0.15) is 0 Å². The van der Waals surface area contributed by atoms with E-state index >= 15 is 0 Å². The number of carbonyl (C=O) groups is 1. The number of nitrogens with zero attached hydrogens (tertiary/aromatic N) is 3. The van der Waals surface area contributed by atoms with Crippen LogP contribution in [0, 0.1) is 0 Å². The summed E-state index contributed by atoms with van der Waals surface area (Å²) in [7, 11) is 0. The average molecular weight is 191 g/mol. The minimum Gasteiger partial charge on any atom is -0.317 e. The van der Waals surface area contributed by atoms with Crippen molar-refractivity contribution < 1.29 is 4.79 Å². The summed E-state index contributed by atoms with van der Waals surface area (Å²) in [6.45, 7) is 0. The van der Waals surface area contributed by atoms with Crippen LogP contribution in [0.1, 0.15) is 25.7 Å². The van der Waals surface area contributed by atoms with Gasteiger partial charge in [0.25, 0.3) is 0 Å². The van der Waals surface area contributed by atoms with Crippen LogP contribution in [-0.2, 0) is 0 Å². The second-order valence-electron chi connectivity index (χ2n) is 4.10. The zero-order valence-electron chi connectivity index (χ0n) is 7.97. The maximum atomic E-state index is 12.0. The standard InChI is InChI=1S/C10H13N3O/c14-10(12-7-1-6-11-12)13(8-2-3-8)9-4-5-9/h1,6-9H,2-5H2. The van der Waals surface area contributed by atoms with Gasteiger partial charge in [-0.3, -0.25) is 0 Å². The first-order valence-corrected chi connectivity index (χ1v) is 5.18. The SMILES string of the molecule is O=C(N(C1CC1)C1CC1)n1cccn1. The van der Waals surface area contributed by atoms with Crippen molar-refractivity contribution >= 4 is 6.03 Å². The van der Waals surface area contributed by atoms with E-state index in [1.807, 2.05) is 4.90 Å². The van der Waals surface area contributed by atoms with Crippen LogP contribution < -0.4 is 0 Å². The van der Waals surface area contributed by atoms with E-state index in [2.05, 4.69) is 5.10 Å². The number of aromatic nitrogens is 2.